The SMILES string of the molecule is CC(C)c1ccc(NC(=O)CCn2nccc2C(=O)O)cc1. The number of aromatic carboxylic acids is 1. The number of rotatable bonds is 6. The molecule has 0 saturated heterocycles. The van der Waals surface area contributed by atoms with Crippen LogP contribution in [-0.4, -0.2) is 26.8 Å². The van der Waals surface area contributed by atoms with Gasteiger partial charge in [0.15, 0.2) is 0 Å². The average molecular weight is 301 g/mol. The Bertz CT molecular complexity index is 660. The number of anilines is 1. The lowest BCUT2D eigenvalue weighted by molar-refractivity contribution is -0.116. The summed E-state index contributed by atoms with van der Waals surface area (Å²) in [4.78, 5) is 22.9. The van der Waals surface area contributed by atoms with E-state index in [1.165, 1.54) is 22.5 Å². The Hall–Kier alpha value is -2.63. The van der Waals surface area contributed by atoms with E-state index >= 15 is 0 Å². The number of nitrogens with zero attached hydrogens (tertiary/aromatic N) is 2. The van der Waals surface area contributed by atoms with Gasteiger partial charge in [-0.05, 0) is 29.7 Å². The van der Waals surface area contributed by atoms with Crippen LogP contribution in [0.25, 0.3) is 0 Å². The first-order valence-electron chi connectivity index (χ1n) is 7.12. The molecule has 0 radical (unpaired) electrons. The molecule has 116 valence electrons. The summed E-state index contributed by atoms with van der Waals surface area (Å²) in [6.07, 6.45) is 1.57. The summed E-state index contributed by atoms with van der Waals surface area (Å²) < 4.78 is 1.31. The maximum absolute atomic E-state index is 11.9. The molecular formula is C16H19N3O3. The van der Waals surface area contributed by atoms with Crippen molar-refractivity contribution in [1.82, 2.24) is 9.78 Å². The minimum atomic E-state index is -1.05. The lowest BCUT2D eigenvalue weighted by Crippen LogP contribution is -2.17. The number of carbonyl (C=O) groups is 2. The first-order chi connectivity index (χ1) is 10.5. The van der Waals surface area contributed by atoms with Gasteiger partial charge in [-0.1, -0.05) is 26.0 Å². The molecule has 0 aliphatic heterocycles. The van der Waals surface area contributed by atoms with Crippen molar-refractivity contribution in [2.75, 3.05) is 5.32 Å². The molecule has 0 bridgehead atoms. The number of aromatic nitrogens is 2. The largest absolute Gasteiger partial charge is 0.477 e. The summed E-state index contributed by atoms with van der Waals surface area (Å²) in [5.74, 6) is -0.787. The molecule has 0 aliphatic carbocycles. The van der Waals surface area contributed by atoms with Gasteiger partial charge in [-0.3, -0.25) is 9.48 Å². The van der Waals surface area contributed by atoms with Crippen LogP contribution in [0.2, 0.25) is 0 Å². The van der Waals surface area contributed by atoms with E-state index in [4.69, 9.17) is 5.11 Å². The second-order valence-electron chi connectivity index (χ2n) is 5.32. The zero-order valence-electron chi connectivity index (χ0n) is 12.6. The molecule has 1 heterocycles. The predicted octanol–water partition coefficient (Wildman–Crippen LogP) is 2.73. The topological polar surface area (TPSA) is 84.2 Å². The summed E-state index contributed by atoms with van der Waals surface area (Å²) in [6.45, 7) is 4.44. The molecule has 1 amide bonds. The Labute approximate surface area is 128 Å². The fourth-order valence-corrected chi connectivity index (χ4v) is 2.07. The number of carbonyl (C=O) groups excluding carboxylic acids is 1. The van der Waals surface area contributed by atoms with Gasteiger partial charge < -0.3 is 10.4 Å². The maximum Gasteiger partial charge on any atom is 0.354 e. The number of carboxylic acids is 1. The highest BCUT2D eigenvalue weighted by atomic mass is 16.4. The Morgan fingerprint density at radius 3 is 2.50 bits per heavy atom. The molecule has 22 heavy (non-hydrogen) atoms. The molecule has 6 heteroatoms. The van der Waals surface area contributed by atoms with Crippen LogP contribution in [0.4, 0.5) is 5.69 Å². The highest BCUT2D eigenvalue weighted by Crippen LogP contribution is 2.17. The predicted molar refractivity (Wildman–Crippen MR) is 83.0 cm³/mol. The Morgan fingerprint density at radius 1 is 1.23 bits per heavy atom. The van der Waals surface area contributed by atoms with Gasteiger partial charge in [-0.2, -0.15) is 5.10 Å². The molecule has 0 unspecified atom stereocenters. The monoisotopic (exact) mass is 301 g/mol. The van der Waals surface area contributed by atoms with Gasteiger partial charge in [0.1, 0.15) is 5.69 Å². The Morgan fingerprint density at radius 2 is 1.91 bits per heavy atom. The average Bonchev–Trinajstić information content (AvgIpc) is 2.94. The third-order valence-electron chi connectivity index (χ3n) is 3.35. The molecular weight excluding hydrogens is 282 g/mol. The van der Waals surface area contributed by atoms with E-state index in [0.717, 1.165) is 5.69 Å². The molecule has 2 rings (SSSR count). The van der Waals surface area contributed by atoms with Crippen LogP contribution in [0.1, 0.15) is 42.2 Å². The number of benzene rings is 1. The van der Waals surface area contributed by atoms with Gasteiger partial charge in [0.05, 0.1) is 6.54 Å². The quantitative estimate of drug-likeness (QED) is 0.859. The second kappa shape index (κ2) is 6.89. The molecule has 0 atom stereocenters. The second-order valence-corrected chi connectivity index (χ2v) is 5.32. The first-order valence-corrected chi connectivity index (χ1v) is 7.12. The summed E-state index contributed by atoms with van der Waals surface area (Å²) in [6, 6.07) is 9.10. The number of nitrogens with one attached hydrogen (secondary N) is 1. The standard InChI is InChI=1S/C16H19N3O3/c1-11(2)12-3-5-13(6-4-12)18-15(20)8-10-19-14(16(21)22)7-9-17-19/h3-7,9,11H,8,10H2,1-2H3,(H,18,20)(H,21,22). The number of hydrogen-bond acceptors (Lipinski definition) is 3. The highest BCUT2D eigenvalue weighted by molar-refractivity contribution is 5.90. The van der Waals surface area contributed by atoms with Gasteiger partial charge in [-0.15, -0.1) is 0 Å². The van der Waals surface area contributed by atoms with E-state index in [9.17, 15) is 9.59 Å². The third kappa shape index (κ3) is 3.94. The zero-order valence-corrected chi connectivity index (χ0v) is 12.6. The number of aryl methyl sites for hydroxylation is 1. The van der Waals surface area contributed by atoms with Crippen molar-refractivity contribution in [2.45, 2.75) is 32.7 Å². The summed E-state index contributed by atoms with van der Waals surface area (Å²) in [5, 5.41) is 15.7. The Kier molecular flexibility index (Phi) is 4.93. The zero-order chi connectivity index (χ0) is 16.1. The first kappa shape index (κ1) is 15.8. The van der Waals surface area contributed by atoms with Gasteiger partial charge >= 0.3 is 5.97 Å². The molecule has 0 aliphatic rings. The van der Waals surface area contributed by atoms with Crippen molar-refractivity contribution in [3.8, 4) is 0 Å². The van der Waals surface area contributed by atoms with Crippen LogP contribution in [0.3, 0.4) is 0 Å². The van der Waals surface area contributed by atoms with Crippen LogP contribution in [0.5, 0.6) is 0 Å². The van der Waals surface area contributed by atoms with E-state index in [1.807, 2.05) is 24.3 Å². The molecule has 2 aromatic rings. The van der Waals surface area contributed by atoms with Gasteiger partial charge in [0.2, 0.25) is 5.91 Å². The molecule has 0 saturated carbocycles. The summed E-state index contributed by atoms with van der Waals surface area (Å²) in [7, 11) is 0. The maximum atomic E-state index is 11.9. The lowest BCUT2D eigenvalue weighted by atomic mass is 10.0. The van der Waals surface area contributed by atoms with Crippen LogP contribution < -0.4 is 5.32 Å². The van der Waals surface area contributed by atoms with Gasteiger partial charge in [0.25, 0.3) is 0 Å². The number of carboxylic acid groups (broad SMARTS) is 1. The molecule has 0 fully saturated rings. The highest BCUT2D eigenvalue weighted by Gasteiger charge is 2.11. The van der Waals surface area contributed by atoms with Crippen LogP contribution in [0.15, 0.2) is 36.5 Å². The lowest BCUT2D eigenvalue weighted by Gasteiger charge is -2.09. The fourth-order valence-electron chi connectivity index (χ4n) is 2.07. The number of hydrogen-bond donors (Lipinski definition) is 2. The van der Waals surface area contributed by atoms with Crippen molar-refractivity contribution in [3.63, 3.8) is 0 Å². The Balaban J connectivity index is 1.90. The minimum absolute atomic E-state index is 0.0779. The van der Waals surface area contributed by atoms with E-state index in [-0.39, 0.29) is 24.6 Å². The van der Waals surface area contributed by atoms with Gasteiger partial charge in [-0.25, -0.2) is 4.79 Å². The normalized spacial score (nSPS) is 10.7. The third-order valence-corrected chi connectivity index (χ3v) is 3.35. The van der Waals surface area contributed by atoms with Crippen molar-refractivity contribution in [1.29, 1.82) is 0 Å². The fraction of sp³-hybridized carbons (Fsp3) is 0.312. The minimum Gasteiger partial charge on any atom is -0.477 e. The van der Waals surface area contributed by atoms with Crippen LogP contribution >= 0.6 is 0 Å². The number of amides is 1. The van der Waals surface area contributed by atoms with Crippen molar-refractivity contribution in [3.05, 3.63) is 47.8 Å². The molecule has 2 N–H and O–H groups in total. The van der Waals surface area contributed by atoms with Crippen LogP contribution in [0, 0.1) is 0 Å². The summed E-state index contributed by atoms with van der Waals surface area (Å²) in [5.41, 5.74) is 2.02. The van der Waals surface area contributed by atoms with Crippen molar-refractivity contribution in [2.24, 2.45) is 0 Å². The van der Waals surface area contributed by atoms with E-state index in [0.29, 0.717) is 5.92 Å². The summed E-state index contributed by atoms with van der Waals surface area (Å²) >= 11 is 0. The van der Waals surface area contributed by atoms with E-state index in [1.54, 1.807) is 0 Å². The van der Waals surface area contributed by atoms with Crippen molar-refractivity contribution < 1.29 is 14.7 Å². The molecule has 6 nitrogen and oxygen atoms in total. The molecule has 0 spiro atoms. The van der Waals surface area contributed by atoms with E-state index in [2.05, 4.69) is 24.3 Å². The van der Waals surface area contributed by atoms with Crippen LogP contribution in [-0.2, 0) is 11.3 Å². The smallest absolute Gasteiger partial charge is 0.354 e. The molecule has 1 aromatic carbocycles. The van der Waals surface area contributed by atoms with E-state index < -0.39 is 5.97 Å². The van der Waals surface area contributed by atoms with Gasteiger partial charge in [0, 0.05) is 18.3 Å². The molecule has 1 aromatic heterocycles. The van der Waals surface area contributed by atoms with Crippen molar-refractivity contribution >= 4 is 17.6 Å².